The summed E-state index contributed by atoms with van der Waals surface area (Å²) < 4.78 is 8.09. The van der Waals surface area contributed by atoms with E-state index in [9.17, 15) is 9.59 Å². The highest BCUT2D eigenvalue weighted by atomic mass is 79.9. The summed E-state index contributed by atoms with van der Waals surface area (Å²) in [6.07, 6.45) is 2.94. The van der Waals surface area contributed by atoms with Gasteiger partial charge < -0.3 is 10.1 Å². The first kappa shape index (κ1) is 20.0. The van der Waals surface area contributed by atoms with Crippen molar-refractivity contribution in [2.75, 3.05) is 24.7 Å². The Bertz CT molecular complexity index is 927. The quantitative estimate of drug-likeness (QED) is 0.504. The lowest BCUT2D eigenvalue weighted by molar-refractivity contribution is -0.119. The van der Waals surface area contributed by atoms with Crippen LogP contribution in [0.1, 0.15) is 18.5 Å². The van der Waals surface area contributed by atoms with Crippen LogP contribution >= 0.6 is 39.5 Å². The maximum absolute atomic E-state index is 13.1. The number of hydrogen-bond acceptors (Lipinski definition) is 6. The molecule has 2 aliphatic heterocycles. The fourth-order valence-corrected chi connectivity index (χ4v) is 5.37. The average molecular weight is 482 g/mol. The molecule has 3 heterocycles. The monoisotopic (exact) mass is 481 g/mol. The smallest absolute Gasteiger partial charge is 0.272 e. The lowest BCUT2D eigenvalue weighted by atomic mass is 10.2. The number of rotatable bonds is 6. The molecule has 1 aromatic carbocycles. The van der Waals surface area contributed by atoms with E-state index in [1.165, 1.54) is 11.8 Å². The van der Waals surface area contributed by atoms with Crippen molar-refractivity contribution in [1.29, 1.82) is 0 Å². The normalized spacial score (nSPS) is 18.2. The number of fused-ring (bicyclic) bond motifs is 1. The van der Waals surface area contributed by atoms with Crippen molar-refractivity contribution in [3.05, 3.63) is 44.8 Å². The maximum atomic E-state index is 13.1. The Labute approximate surface area is 180 Å². The number of aryl methyl sites for hydroxylation is 1. The number of nitrogens with one attached hydrogen (secondary N) is 1. The third-order valence-corrected chi connectivity index (χ3v) is 7.21. The zero-order valence-corrected chi connectivity index (χ0v) is 18.4. The summed E-state index contributed by atoms with van der Waals surface area (Å²) in [4.78, 5) is 30.8. The predicted octanol–water partition coefficient (Wildman–Crippen LogP) is 3.03. The van der Waals surface area contributed by atoms with E-state index in [1.807, 2.05) is 24.3 Å². The second kappa shape index (κ2) is 9.02. The number of hydrogen-bond donors (Lipinski definition) is 1. The van der Waals surface area contributed by atoms with Crippen LogP contribution in [0.5, 0.6) is 0 Å². The number of thioether (sulfide) groups is 2. The number of benzene rings is 1. The predicted molar refractivity (Wildman–Crippen MR) is 115 cm³/mol. The van der Waals surface area contributed by atoms with Gasteiger partial charge in [-0.1, -0.05) is 27.7 Å². The van der Waals surface area contributed by atoms with Crippen LogP contribution in [0.4, 0.5) is 0 Å². The molecule has 2 aromatic rings. The SMILES string of the molecule is O=C(CSc1nc2c(c(=O)n1-c1ccc(Br)cc1)SCC2)NC[C@H]1CCCO1. The Hall–Kier alpha value is -1.29. The molecule has 2 aliphatic rings. The van der Waals surface area contributed by atoms with Gasteiger partial charge in [0, 0.05) is 29.8 Å². The number of carbonyl (C=O) groups is 1. The van der Waals surface area contributed by atoms with E-state index in [-0.39, 0.29) is 23.3 Å². The van der Waals surface area contributed by atoms with E-state index in [0.29, 0.717) is 11.7 Å². The number of carbonyl (C=O) groups excluding carboxylic acids is 1. The van der Waals surface area contributed by atoms with E-state index < -0.39 is 0 Å². The summed E-state index contributed by atoms with van der Waals surface area (Å²) in [5.41, 5.74) is 1.53. The first-order valence-corrected chi connectivity index (χ1v) is 11.9. The molecule has 28 heavy (non-hydrogen) atoms. The van der Waals surface area contributed by atoms with Crippen LogP contribution in [0.15, 0.2) is 43.6 Å². The summed E-state index contributed by atoms with van der Waals surface area (Å²) in [5.74, 6) is 1.00. The lowest BCUT2D eigenvalue weighted by Crippen LogP contribution is -2.33. The van der Waals surface area contributed by atoms with Gasteiger partial charge >= 0.3 is 0 Å². The van der Waals surface area contributed by atoms with Gasteiger partial charge in [-0.25, -0.2) is 4.98 Å². The molecule has 1 fully saturated rings. The van der Waals surface area contributed by atoms with Crippen molar-refractivity contribution in [1.82, 2.24) is 14.9 Å². The van der Waals surface area contributed by atoms with Gasteiger partial charge in [0.15, 0.2) is 5.16 Å². The Morgan fingerprint density at radius 1 is 1.39 bits per heavy atom. The minimum atomic E-state index is -0.0769. The highest BCUT2D eigenvalue weighted by Gasteiger charge is 2.23. The molecule has 1 amide bonds. The van der Waals surface area contributed by atoms with Crippen LogP contribution in [0.3, 0.4) is 0 Å². The molecule has 0 radical (unpaired) electrons. The second-order valence-corrected chi connectivity index (χ2v) is 9.58. The number of amides is 1. The second-order valence-electron chi connectivity index (χ2n) is 6.61. The van der Waals surface area contributed by atoms with Gasteiger partial charge in [-0.05, 0) is 37.1 Å². The van der Waals surface area contributed by atoms with Crippen LogP contribution in [-0.2, 0) is 16.0 Å². The molecule has 0 bridgehead atoms. The minimum Gasteiger partial charge on any atom is -0.376 e. The number of aromatic nitrogens is 2. The van der Waals surface area contributed by atoms with Crippen LogP contribution in [0.25, 0.3) is 5.69 Å². The Morgan fingerprint density at radius 2 is 2.21 bits per heavy atom. The number of nitrogens with zero attached hydrogens (tertiary/aromatic N) is 2. The summed E-state index contributed by atoms with van der Waals surface area (Å²) >= 11 is 6.27. The molecular weight excluding hydrogens is 462 g/mol. The van der Waals surface area contributed by atoms with Crippen molar-refractivity contribution in [3.8, 4) is 5.69 Å². The average Bonchev–Trinajstić information content (AvgIpc) is 3.37. The molecule has 0 saturated carbocycles. The van der Waals surface area contributed by atoms with E-state index in [1.54, 1.807) is 16.3 Å². The van der Waals surface area contributed by atoms with Crippen molar-refractivity contribution in [2.24, 2.45) is 0 Å². The largest absolute Gasteiger partial charge is 0.376 e. The first-order valence-electron chi connectivity index (χ1n) is 9.17. The van der Waals surface area contributed by atoms with E-state index in [4.69, 9.17) is 9.72 Å². The van der Waals surface area contributed by atoms with Crippen LogP contribution in [-0.4, -0.2) is 46.2 Å². The molecular formula is C19H20BrN3O3S2. The van der Waals surface area contributed by atoms with Crippen LogP contribution in [0.2, 0.25) is 0 Å². The molecule has 6 nitrogen and oxygen atoms in total. The topological polar surface area (TPSA) is 73.2 Å². The molecule has 0 aliphatic carbocycles. The minimum absolute atomic E-state index is 0.0583. The van der Waals surface area contributed by atoms with Gasteiger partial charge in [0.2, 0.25) is 5.91 Å². The third-order valence-electron chi connectivity index (χ3n) is 4.63. The van der Waals surface area contributed by atoms with Crippen LogP contribution in [0, 0.1) is 0 Å². The third kappa shape index (κ3) is 4.48. The molecule has 4 rings (SSSR count). The van der Waals surface area contributed by atoms with Gasteiger partial charge in [-0.2, -0.15) is 0 Å². The highest BCUT2D eigenvalue weighted by molar-refractivity contribution is 9.10. The highest BCUT2D eigenvalue weighted by Crippen LogP contribution is 2.30. The molecule has 9 heteroatoms. The van der Waals surface area contributed by atoms with Crippen molar-refractivity contribution in [3.63, 3.8) is 0 Å². The van der Waals surface area contributed by atoms with Crippen LogP contribution < -0.4 is 10.9 Å². The van der Waals surface area contributed by atoms with E-state index in [2.05, 4.69) is 21.2 Å². The van der Waals surface area contributed by atoms with Gasteiger partial charge in [0.05, 0.1) is 28.1 Å². The van der Waals surface area contributed by atoms with Crippen molar-refractivity contribution < 1.29 is 9.53 Å². The fourth-order valence-electron chi connectivity index (χ4n) is 3.22. The summed E-state index contributed by atoms with van der Waals surface area (Å²) in [5, 5.41) is 3.47. The molecule has 0 unspecified atom stereocenters. The van der Waals surface area contributed by atoms with Gasteiger partial charge in [0.25, 0.3) is 5.56 Å². The number of ether oxygens (including phenoxy) is 1. The van der Waals surface area contributed by atoms with Gasteiger partial charge in [0.1, 0.15) is 0 Å². The Balaban J connectivity index is 1.53. The van der Waals surface area contributed by atoms with Crippen molar-refractivity contribution >= 4 is 45.4 Å². The first-order chi connectivity index (χ1) is 13.6. The molecule has 1 aromatic heterocycles. The standard InChI is InChI=1S/C19H20BrN3O3S2/c20-12-3-5-13(6-4-12)23-18(25)17-15(7-9-27-17)22-19(23)28-11-16(24)21-10-14-2-1-8-26-14/h3-6,14H,1-2,7-11H2,(H,21,24)/t14-/m1/s1. The molecule has 0 spiro atoms. The van der Waals surface area contributed by atoms with E-state index in [0.717, 1.165) is 52.4 Å². The molecule has 148 valence electrons. The summed E-state index contributed by atoms with van der Waals surface area (Å²) in [6, 6.07) is 7.54. The zero-order chi connectivity index (χ0) is 19.5. The molecule has 1 atom stereocenters. The number of halogens is 1. The Morgan fingerprint density at radius 3 is 2.96 bits per heavy atom. The van der Waals surface area contributed by atoms with Crippen molar-refractivity contribution in [2.45, 2.75) is 35.4 Å². The van der Waals surface area contributed by atoms with Gasteiger partial charge in [-0.15, -0.1) is 11.8 Å². The summed E-state index contributed by atoms with van der Waals surface area (Å²) in [6.45, 7) is 1.30. The van der Waals surface area contributed by atoms with E-state index >= 15 is 0 Å². The fraction of sp³-hybridized carbons (Fsp3) is 0.421. The zero-order valence-electron chi connectivity index (χ0n) is 15.2. The lowest BCUT2D eigenvalue weighted by Gasteiger charge is -2.14. The summed E-state index contributed by atoms with van der Waals surface area (Å²) in [7, 11) is 0. The molecule has 1 saturated heterocycles. The maximum Gasteiger partial charge on any atom is 0.272 e. The Kier molecular flexibility index (Phi) is 6.45. The van der Waals surface area contributed by atoms with Gasteiger partial charge in [-0.3, -0.25) is 14.2 Å². The molecule has 1 N–H and O–H groups in total.